The molecule has 0 aromatic carbocycles. The summed E-state index contributed by atoms with van der Waals surface area (Å²) in [5.41, 5.74) is 0. The van der Waals surface area contributed by atoms with Crippen LogP contribution in [0.1, 0.15) is 194 Å². The molecule has 0 bridgehead atoms. The third kappa shape index (κ3) is 36.0. The maximum absolute atomic E-state index is 12.2. The Labute approximate surface area is 304 Å². The SMILES string of the molecule is CCCCCCC/C=C/CCCCCCCCC(=O)OCC[N+](C)(CCO)CCOC(=O)CCCCCCCC/C=C/CCCCCCC. The Morgan fingerprint density at radius 2 is 0.776 bits per heavy atom. The van der Waals surface area contributed by atoms with Crippen LogP contribution in [-0.4, -0.2) is 68.0 Å². The van der Waals surface area contributed by atoms with E-state index in [1.807, 2.05) is 7.05 Å². The smallest absolute Gasteiger partial charge is 0.305 e. The van der Waals surface area contributed by atoms with Crippen molar-refractivity contribution in [3.63, 3.8) is 0 Å². The maximum atomic E-state index is 12.2. The highest BCUT2D eigenvalue weighted by Gasteiger charge is 2.22. The minimum atomic E-state index is -0.137. The molecule has 0 radical (unpaired) electrons. The van der Waals surface area contributed by atoms with E-state index in [0.717, 1.165) is 25.7 Å². The third-order valence-electron chi connectivity index (χ3n) is 9.71. The minimum absolute atomic E-state index is 0.0449. The second kappa shape index (κ2) is 37.6. The molecule has 0 heterocycles. The molecule has 1 N–H and O–H groups in total. The topological polar surface area (TPSA) is 72.8 Å². The summed E-state index contributed by atoms with van der Waals surface area (Å²) in [6.07, 6.45) is 42.5. The first-order valence-corrected chi connectivity index (χ1v) is 21.0. The van der Waals surface area contributed by atoms with Crippen LogP contribution < -0.4 is 0 Å². The lowest BCUT2D eigenvalue weighted by Crippen LogP contribution is -2.50. The summed E-state index contributed by atoms with van der Waals surface area (Å²) in [5, 5.41) is 9.59. The van der Waals surface area contributed by atoms with Crippen molar-refractivity contribution in [3.05, 3.63) is 24.3 Å². The summed E-state index contributed by atoms with van der Waals surface area (Å²) in [6, 6.07) is 0. The Balaban J connectivity index is 3.74. The number of carbonyl (C=O) groups excluding carboxylic acids is 2. The van der Waals surface area contributed by atoms with Gasteiger partial charge >= 0.3 is 11.9 Å². The molecule has 0 spiro atoms. The van der Waals surface area contributed by atoms with Crippen molar-refractivity contribution in [2.75, 3.05) is 46.5 Å². The Bertz CT molecular complexity index is 722. The van der Waals surface area contributed by atoms with Gasteiger partial charge in [-0.3, -0.25) is 9.59 Å². The summed E-state index contributed by atoms with van der Waals surface area (Å²) < 4.78 is 11.5. The zero-order chi connectivity index (χ0) is 35.9. The summed E-state index contributed by atoms with van der Waals surface area (Å²) >= 11 is 0. The Kier molecular flexibility index (Phi) is 36.3. The molecule has 0 saturated carbocycles. The lowest BCUT2D eigenvalue weighted by molar-refractivity contribution is -0.910. The molecular weight excluding hydrogens is 610 g/mol. The molecule has 6 heteroatoms. The number of ether oxygens (including phenoxy) is 2. The van der Waals surface area contributed by atoms with E-state index in [4.69, 9.17) is 9.47 Å². The van der Waals surface area contributed by atoms with E-state index in [1.165, 1.54) is 141 Å². The van der Waals surface area contributed by atoms with E-state index in [9.17, 15) is 14.7 Å². The van der Waals surface area contributed by atoms with Gasteiger partial charge in [0.25, 0.3) is 0 Å². The van der Waals surface area contributed by atoms with Crippen molar-refractivity contribution in [1.29, 1.82) is 0 Å². The molecule has 0 aromatic rings. The van der Waals surface area contributed by atoms with Crippen LogP contribution in [0.25, 0.3) is 0 Å². The van der Waals surface area contributed by atoms with Crippen LogP contribution in [0, 0.1) is 0 Å². The number of hydrogen-bond acceptors (Lipinski definition) is 5. The van der Waals surface area contributed by atoms with Gasteiger partial charge in [0.1, 0.15) is 32.8 Å². The summed E-state index contributed by atoms with van der Waals surface area (Å²) in [6.45, 7) is 6.96. The zero-order valence-electron chi connectivity index (χ0n) is 32.9. The zero-order valence-corrected chi connectivity index (χ0v) is 32.9. The summed E-state index contributed by atoms with van der Waals surface area (Å²) in [5.74, 6) is -0.274. The molecule has 0 amide bonds. The maximum Gasteiger partial charge on any atom is 0.305 e. The van der Waals surface area contributed by atoms with Gasteiger partial charge in [0.15, 0.2) is 0 Å². The lowest BCUT2D eigenvalue weighted by atomic mass is 10.1. The molecule has 0 aromatic heterocycles. The first-order chi connectivity index (χ1) is 24.0. The average Bonchev–Trinajstić information content (AvgIpc) is 3.08. The number of allylic oxidation sites excluding steroid dienone is 4. The predicted octanol–water partition coefficient (Wildman–Crippen LogP) is 11.6. The van der Waals surface area contributed by atoms with E-state index < -0.39 is 0 Å². The monoisotopic (exact) mass is 693 g/mol. The van der Waals surface area contributed by atoms with Crippen molar-refractivity contribution in [3.8, 4) is 0 Å². The Morgan fingerprint density at radius 1 is 0.469 bits per heavy atom. The highest BCUT2D eigenvalue weighted by Crippen LogP contribution is 2.13. The van der Waals surface area contributed by atoms with E-state index in [1.54, 1.807) is 0 Å². The first kappa shape index (κ1) is 47.3. The number of likely N-dealkylation sites (N-methyl/N-ethyl adjacent to an activating group) is 1. The van der Waals surface area contributed by atoms with Crippen molar-refractivity contribution < 1.29 is 28.7 Å². The number of quaternary nitrogens is 1. The highest BCUT2D eigenvalue weighted by atomic mass is 16.5. The number of esters is 2. The molecule has 49 heavy (non-hydrogen) atoms. The molecule has 0 aliphatic rings. The van der Waals surface area contributed by atoms with Gasteiger partial charge in [-0.1, -0.05) is 141 Å². The van der Waals surface area contributed by atoms with Gasteiger partial charge < -0.3 is 19.1 Å². The predicted molar refractivity (Wildman–Crippen MR) is 209 cm³/mol. The van der Waals surface area contributed by atoms with Gasteiger partial charge in [-0.05, 0) is 64.2 Å². The normalized spacial score (nSPS) is 12.0. The summed E-state index contributed by atoms with van der Waals surface area (Å²) in [4.78, 5) is 24.5. The largest absolute Gasteiger partial charge is 0.460 e. The average molecular weight is 693 g/mol. The molecule has 0 aliphatic carbocycles. The van der Waals surface area contributed by atoms with Crippen LogP contribution >= 0.6 is 0 Å². The highest BCUT2D eigenvalue weighted by molar-refractivity contribution is 5.69. The van der Waals surface area contributed by atoms with Crippen molar-refractivity contribution in [1.82, 2.24) is 0 Å². The second-order valence-corrected chi connectivity index (χ2v) is 14.6. The molecule has 0 rings (SSSR count). The van der Waals surface area contributed by atoms with Crippen LogP contribution in [0.3, 0.4) is 0 Å². The lowest BCUT2D eigenvalue weighted by Gasteiger charge is -2.33. The van der Waals surface area contributed by atoms with Crippen LogP contribution in [0.15, 0.2) is 24.3 Å². The third-order valence-corrected chi connectivity index (χ3v) is 9.71. The van der Waals surface area contributed by atoms with E-state index in [0.29, 0.717) is 50.2 Å². The number of hydrogen-bond donors (Lipinski definition) is 1. The van der Waals surface area contributed by atoms with Gasteiger partial charge in [0, 0.05) is 12.8 Å². The number of nitrogens with zero attached hydrogens (tertiary/aromatic N) is 1. The van der Waals surface area contributed by atoms with Gasteiger partial charge in [-0.2, -0.15) is 0 Å². The fourth-order valence-corrected chi connectivity index (χ4v) is 6.16. The van der Waals surface area contributed by atoms with Crippen molar-refractivity contribution in [2.45, 2.75) is 194 Å². The van der Waals surface area contributed by atoms with Crippen LogP contribution in [-0.2, 0) is 19.1 Å². The van der Waals surface area contributed by atoms with E-state index in [-0.39, 0.29) is 18.5 Å². The van der Waals surface area contributed by atoms with Gasteiger partial charge in [-0.15, -0.1) is 0 Å². The molecule has 288 valence electrons. The number of aliphatic hydroxyl groups is 1. The van der Waals surface area contributed by atoms with E-state index in [2.05, 4.69) is 38.2 Å². The molecule has 0 aliphatic heterocycles. The number of aliphatic hydroxyl groups excluding tert-OH is 1. The first-order valence-electron chi connectivity index (χ1n) is 21.0. The van der Waals surface area contributed by atoms with Crippen molar-refractivity contribution >= 4 is 11.9 Å². The van der Waals surface area contributed by atoms with Gasteiger partial charge in [0.2, 0.25) is 0 Å². The van der Waals surface area contributed by atoms with Crippen molar-refractivity contribution in [2.24, 2.45) is 0 Å². The van der Waals surface area contributed by atoms with E-state index >= 15 is 0 Å². The van der Waals surface area contributed by atoms with Crippen LogP contribution in [0.5, 0.6) is 0 Å². The fraction of sp³-hybridized carbons (Fsp3) is 0.860. The standard InChI is InChI=1S/C43H82NO5/c1-4-6-8-10-12-14-16-18-20-22-24-26-28-30-32-34-42(46)48-40-37-44(3,36-39-45)38-41-49-43(47)35-33-31-29-27-25-23-21-19-17-15-13-11-9-7-5-2/h16-19,45H,4-15,20-41H2,1-3H3/q+1/b18-16+,19-17+. The Hall–Kier alpha value is -1.66. The summed E-state index contributed by atoms with van der Waals surface area (Å²) in [7, 11) is 2.02. The molecule has 6 nitrogen and oxygen atoms in total. The molecule has 0 unspecified atom stereocenters. The molecule has 0 fully saturated rings. The van der Waals surface area contributed by atoms with Gasteiger partial charge in [0.05, 0.1) is 13.7 Å². The second-order valence-electron chi connectivity index (χ2n) is 14.6. The quantitative estimate of drug-likeness (QED) is 0.0302. The molecule has 0 saturated heterocycles. The Morgan fingerprint density at radius 3 is 1.10 bits per heavy atom. The number of rotatable bonds is 38. The molecular formula is C43H82NO5+. The van der Waals surface area contributed by atoms with Gasteiger partial charge in [-0.25, -0.2) is 0 Å². The molecule has 0 atom stereocenters. The van der Waals surface area contributed by atoms with Crippen LogP contribution in [0.2, 0.25) is 0 Å². The fourth-order valence-electron chi connectivity index (χ4n) is 6.16. The van der Waals surface area contributed by atoms with Crippen LogP contribution in [0.4, 0.5) is 0 Å². The minimum Gasteiger partial charge on any atom is -0.460 e. The number of carbonyl (C=O) groups is 2. The number of unbranched alkanes of at least 4 members (excludes halogenated alkanes) is 22.